The van der Waals surface area contributed by atoms with E-state index >= 15 is 0 Å². The Balaban J connectivity index is 2.24. The van der Waals surface area contributed by atoms with Gasteiger partial charge >= 0.3 is 0 Å². The summed E-state index contributed by atoms with van der Waals surface area (Å²) in [5, 5.41) is 2.79. The van der Waals surface area contributed by atoms with E-state index in [1.165, 1.54) is 6.20 Å². The van der Waals surface area contributed by atoms with Crippen LogP contribution >= 0.6 is 0 Å². The molecule has 1 amide bonds. The van der Waals surface area contributed by atoms with Crippen LogP contribution in [0.25, 0.3) is 0 Å². The quantitative estimate of drug-likeness (QED) is 0.335. The Morgan fingerprint density at radius 1 is 1.42 bits per heavy atom. The third-order valence-electron chi connectivity index (χ3n) is 2.40. The van der Waals surface area contributed by atoms with Gasteiger partial charge < -0.3 is 20.2 Å². The number of amides is 1. The summed E-state index contributed by atoms with van der Waals surface area (Å²) in [4.78, 5) is 15.7. The standard InChI is InChI=1S/C12H20N4O3/c1-18-7-8-19-6-2-4-15-12(17)10-3-5-14-9-11(10)16-13/h3,5,9,16H,2,4,6-8,13H2,1H3,(H,15,17). The monoisotopic (exact) mass is 268 g/mol. The van der Waals surface area contributed by atoms with Crippen LogP contribution in [0.2, 0.25) is 0 Å². The van der Waals surface area contributed by atoms with Crippen molar-refractivity contribution in [1.82, 2.24) is 10.3 Å². The number of nitrogens with two attached hydrogens (primary N) is 1. The third kappa shape index (κ3) is 5.64. The van der Waals surface area contributed by atoms with Crippen LogP contribution < -0.4 is 16.6 Å². The van der Waals surface area contributed by atoms with E-state index in [0.29, 0.717) is 37.6 Å². The fraction of sp³-hybridized carbons (Fsp3) is 0.500. The van der Waals surface area contributed by atoms with Crippen molar-refractivity contribution < 1.29 is 14.3 Å². The minimum absolute atomic E-state index is 0.188. The van der Waals surface area contributed by atoms with Crippen LogP contribution in [0.15, 0.2) is 18.5 Å². The molecule has 4 N–H and O–H groups in total. The van der Waals surface area contributed by atoms with Crippen LogP contribution in [0, 0.1) is 0 Å². The molecule has 0 saturated heterocycles. The zero-order chi connectivity index (χ0) is 13.9. The molecule has 1 aromatic rings. The first kappa shape index (κ1) is 15.4. The Labute approximate surface area is 112 Å². The average molecular weight is 268 g/mol. The molecule has 0 aliphatic rings. The number of rotatable bonds is 9. The van der Waals surface area contributed by atoms with Crippen molar-refractivity contribution in [3.05, 3.63) is 24.0 Å². The van der Waals surface area contributed by atoms with Crippen molar-refractivity contribution >= 4 is 11.6 Å². The lowest BCUT2D eigenvalue weighted by atomic mass is 10.2. The molecule has 0 fully saturated rings. The molecule has 1 rings (SSSR count). The number of hydrogen-bond acceptors (Lipinski definition) is 6. The number of carbonyl (C=O) groups excluding carboxylic acids is 1. The van der Waals surface area contributed by atoms with Gasteiger partial charge in [-0.05, 0) is 12.5 Å². The second kappa shape index (κ2) is 9.26. The zero-order valence-corrected chi connectivity index (χ0v) is 11.0. The maximum atomic E-state index is 11.9. The highest BCUT2D eigenvalue weighted by Gasteiger charge is 2.09. The molecule has 0 aliphatic heterocycles. The van der Waals surface area contributed by atoms with Crippen molar-refractivity contribution in [1.29, 1.82) is 0 Å². The van der Waals surface area contributed by atoms with Crippen molar-refractivity contribution in [3.63, 3.8) is 0 Å². The van der Waals surface area contributed by atoms with Crippen LogP contribution in [-0.2, 0) is 9.47 Å². The summed E-state index contributed by atoms with van der Waals surface area (Å²) in [5.74, 6) is 5.12. The predicted octanol–water partition coefficient (Wildman–Crippen LogP) is 0.150. The number of ether oxygens (including phenoxy) is 2. The molecule has 0 aliphatic carbocycles. The number of carbonyl (C=O) groups is 1. The summed E-state index contributed by atoms with van der Waals surface area (Å²) >= 11 is 0. The van der Waals surface area contributed by atoms with Gasteiger partial charge in [0, 0.05) is 26.5 Å². The number of methoxy groups -OCH3 is 1. The number of nitrogen functional groups attached to an aromatic ring is 1. The van der Waals surface area contributed by atoms with Gasteiger partial charge in [-0.1, -0.05) is 0 Å². The van der Waals surface area contributed by atoms with Crippen molar-refractivity contribution in [2.75, 3.05) is 38.9 Å². The number of anilines is 1. The Morgan fingerprint density at radius 3 is 3.00 bits per heavy atom. The minimum atomic E-state index is -0.188. The van der Waals surface area contributed by atoms with Crippen LogP contribution in [0.1, 0.15) is 16.8 Å². The number of aromatic nitrogens is 1. The average Bonchev–Trinajstić information content (AvgIpc) is 2.46. The topological polar surface area (TPSA) is 98.5 Å². The van der Waals surface area contributed by atoms with Crippen molar-refractivity contribution in [2.45, 2.75) is 6.42 Å². The lowest BCUT2D eigenvalue weighted by molar-refractivity contribution is 0.0688. The van der Waals surface area contributed by atoms with E-state index in [9.17, 15) is 4.79 Å². The van der Waals surface area contributed by atoms with Gasteiger partial charge in [0.15, 0.2) is 0 Å². The molecule has 7 heteroatoms. The van der Waals surface area contributed by atoms with E-state index in [2.05, 4.69) is 15.7 Å². The molecule has 0 bridgehead atoms. The molecule has 0 atom stereocenters. The largest absolute Gasteiger partial charge is 0.382 e. The molecular weight excluding hydrogens is 248 g/mol. The summed E-state index contributed by atoms with van der Waals surface area (Å²) < 4.78 is 10.1. The number of hydrogen-bond donors (Lipinski definition) is 3. The van der Waals surface area contributed by atoms with E-state index < -0.39 is 0 Å². The Bertz CT molecular complexity index is 387. The molecule has 7 nitrogen and oxygen atoms in total. The highest BCUT2D eigenvalue weighted by Crippen LogP contribution is 2.11. The molecule has 0 spiro atoms. The molecule has 0 radical (unpaired) electrons. The van der Waals surface area contributed by atoms with Crippen molar-refractivity contribution in [3.8, 4) is 0 Å². The number of nitrogens with one attached hydrogen (secondary N) is 2. The summed E-state index contributed by atoms with van der Waals surface area (Å²) in [6.07, 6.45) is 3.79. The van der Waals surface area contributed by atoms with Crippen molar-refractivity contribution in [2.24, 2.45) is 5.84 Å². The lowest BCUT2D eigenvalue weighted by Crippen LogP contribution is -2.27. The van der Waals surface area contributed by atoms with Crippen LogP contribution in [0.3, 0.4) is 0 Å². The highest BCUT2D eigenvalue weighted by molar-refractivity contribution is 5.99. The first-order chi connectivity index (χ1) is 9.29. The summed E-state index contributed by atoms with van der Waals surface area (Å²) in [5.41, 5.74) is 3.41. The van der Waals surface area contributed by atoms with E-state index in [1.807, 2.05) is 0 Å². The van der Waals surface area contributed by atoms with Crippen LogP contribution in [-0.4, -0.2) is 44.4 Å². The smallest absolute Gasteiger partial charge is 0.253 e. The second-order valence-corrected chi connectivity index (χ2v) is 3.78. The maximum Gasteiger partial charge on any atom is 0.253 e. The predicted molar refractivity (Wildman–Crippen MR) is 71.7 cm³/mol. The van der Waals surface area contributed by atoms with Gasteiger partial charge in [0.2, 0.25) is 0 Å². The summed E-state index contributed by atoms with van der Waals surface area (Å²) in [6.45, 7) is 2.27. The fourth-order valence-electron chi connectivity index (χ4n) is 1.42. The van der Waals surface area contributed by atoms with Gasteiger partial charge in [0.1, 0.15) is 0 Å². The first-order valence-corrected chi connectivity index (χ1v) is 6.05. The summed E-state index contributed by atoms with van der Waals surface area (Å²) in [6, 6.07) is 1.61. The Morgan fingerprint density at radius 2 is 2.26 bits per heavy atom. The molecule has 1 aromatic heterocycles. The normalized spacial score (nSPS) is 10.2. The second-order valence-electron chi connectivity index (χ2n) is 3.78. The zero-order valence-electron chi connectivity index (χ0n) is 11.0. The van der Waals surface area contributed by atoms with Gasteiger partial charge in [0.25, 0.3) is 5.91 Å². The van der Waals surface area contributed by atoms with Gasteiger partial charge in [0.05, 0.1) is 30.7 Å². The highest BCUT2D eigenvalue weighted by atomic mass is 16.5. The Hall–Kier alpha value is -1.70. The number of hydrazine groups is 1. The van der Waals surface area contributed by atoms with E-state index in [1.54, 1.807) is 19.4 Å². The van der Waals surface area contributed by atoms with E-state index in [4.69, 9.17) is 15.3 Å². The summed E-state index contributed by atoms with van der Waals surface area (Å²) in [7, 11) is 1.63. The van der Waals surface area contributed by atoms with Gasteiger partial charge in [-0.3, -0.25) is 15.6 Å². The number of nitrogens with zero attached hydrogens (tertiary/aromatic N) is 1. The van der Waals surface area contributed by atoms with Crippen LogP contribution in [0.5, 0.6) is 0 Å². The van der Waals surface area contributed by atoms with E-state index in [-0.39, 0.29) is 5.91 Å². The molecule has 19 heavy (non-hydrogen) atoms. The van der Waals surface area contributed by atoms with Crippen LogP contribution in [0.4, 0.5) is 5.69 Å². The molecule has 0 unspecified atom stereocenters. The molecule has 0 aromatic carbocycles. The molecule has 106 valence electrons. The third-order valence-corrected chi connectivity index (χ3v) is 2.40. The Kier molecular flexibility index (Phi) is 7.48. The van der Waals surface area contributed by atoms with Gasteiger partial charge in [-0.25, -0.2) is 0 Å². The molecular formula is C12H20N4O3. The molecule has 1 heterocycles. The minimum Gasteiger partial charge on any atom is -0.382 e. The first-order valence-electron chi connectivity index (χ1n) is 6.05. The maximum absolute atomic E-state index is 11.9. The molecule has 0 saturated carbocycles. The van der Waals surface area contributed by atoms with Gasteiger partial charge in [-0.2, -0.15) is 0 Å². The fourth-order valence-corrected chi connectivity index (χ4v) is 1.42. The lowest BCUT2D eigenvalue weighted by Gasteiger charge is -2.09. The number of pyridine rings is 1. The SMILES string of the molecule is COCCOCCCNC(=O)c1ccncc1NN. The van der Waals surface area contributed by atoms with E-state index in [0.717, 1.165) is 6.42 Å². The van der Waals surface area contributed by atoms with Gasteiger partial charge in [-0.15, -0.1) is 0 Å².